The second kappa shape index (κ2) is 5.11. The molecule has 0 unspecified atom stereocenters. The van der Waals surface area contributed by atoms with Gasteiger partial charge in [0.1, 0.15) is 0 Å². The van der Waals surface area contributed by atoms with E-state index >= 15 is 0 Å². The van der Waals surface area contributed by atoms with E-state index in [0.29, 0.717) is 3.57 Å². The molecule has 0 saturated heterocycles. The largest absolute Gasteiger partial charge is 0.464 e. The fraction of sp³-hybridized carbons (Fsp3) is 0.250. The SMILES string of the molecule is COCOc1ccc(Br)c(I)c1F. The molecule has 5 heteroatoms. The summed E-state index contributed by atoms with van der Waals surface area (Å²) in [6.07, 6.45) is 0. The normalized spacial score (nSPS) is 10.2. The van der Waals surface area contributed by atoms with Crippen molar-refractivity contribution in [1.29, 1.82) is 0 Å². The molecule has 72 valence electrons. The van der Waals surface area contributed by atoms with Crippen molar-refractivity contribution in [3.63, 3.8) is 0 Å². The third-order valence-electron chi connectivity index (χ3n) is 1.33. The van der Waals surface area contributed by atoms with E-state index in [-0.39, 0.29) is 18.4 Å². The highest BCUT2D eigenvalue weighted by Crippen LogP contribution is 2.28. The highest BCUT2D eigenvalue weighted by molar-refractivity contribution is 14.1. The van der Waals surface area contributed by atoms with Crippen LogP contribution in [0.25, 0.3) is 0 Å². The lowest BCUT2D eigenvalue weighted by molar-refractivity contribution is 0.0481. The number of methoxy groups -OCH3 is 1. The smallest absolute Gasteiger partial charge is 0.188 e. The molecular formula is C8H7BrFIO2. The summed E-state index contributed by atoms with van der Waals surface area (Å²) < 4.78 is 24.3. The zero-order valence-electron chi connectivity index (χ0n) is 6.81. The van der Waals surface area contributed by atoms with Crippen LogP contribution in [0.4, 0.5) is 4.39 Å². The first-order chi connectivity index (χ1) is 6.16. The van der Waals surface area contributed by atoms with E-state index in [1.165, 1.54) is 7.11 Å². The summed E-state index contributed by atoms with van der Waals surface area (Å²) in [5.74, 6) is -0.165. The third kappa shape index (κ3) is 2.78. The minimum atomic E-state index is -0.368. The van der Waals surface area contributed by atoms with E-state index in [0.717, 1.165) is 4.47 Å². The topological polar surface area (TPSA) is 18.5 Å². The average Bonchev–Trinajstić information content (AvgIpc) is 2.13. The van der Waals surface area contributed by atoms with Gasteiger partial charge in [0, 0.05) is 11.6 Å². The first-order valence-electron chi connectivity index (χ1n) is 3.42. The van der Waals surface area contributed by atoms with Gasteiger partial charge in [0.2, 0.25) is 0 Å². The minimum absolute atomic E-state index is 0.0502. The van der Waals surface area contributed by atoms with Crippen molar-refractivity contribution in [2.45, 2.75) is 0 Å². The lowest BCUT2D eigenvalue weighted by atomic mass is 10.3. The van der Waals surface area contributed by atoms with Gasteiger partial charge < -0.3 is 9.47 Å². The second-order valence-electron chi connectivity index (χ2n) is 2.22. The van der Waals surface area contributed by atoms with Gasteiger partial charge >= 0.3 is 0 Å². The number of hydrogen-bond acceptors (Lipinski definition) is 2. The monoisotopic (exact) mass is 360 g/mol. The van der Waals surface area contributed by atoms with E-state index in [1.807, 2.05) is 22.6 Å². The first kappa shape index (κ1) is 11.2. The van der Waals surface area contributed by atoms with Gasteiger partial charge in [-0.15, -0.1) is 0 Å². The summed E-state index contributed by atoms with van der Waals surface area (Å²) in [7, 11) is 1.49. The molecule has 0 N–H and O–H groups in total. The van der Waals surface area contributed by atoms with Crippen molar-refractivity contribution in [3.8, 4) is 5.75 Å². The Hall–Kier alpha value is 0.120. The van der Waals surface area contributed by atoms with E-state index in [2.05, 4.69) is 20.7 Å². The zero-order chi connectivity index (χ0) is 9.84. The maximum Gasteiger partial charge on any atom is 0.188 e. The fourth-order valence-electron chi connectivity index (χ4n) is 0.742. The van der Waals surface area contributed by atoms with Crippen LogP contribution < -0.4 is 4.74 Å². The summed E-state index contributed by atoms with van der Waals surface area (Å²) in [6.45, 7) is 0.0502. The molecule has 0 aliphatic rings. The van der Waals surface area contributed by atoms with Crippen LogP contribution in [0.5, 0.6) is 5.75 Å². The molecule has 0 bridgehead atoms. The predicted molar refractivity (Wildman–Crippen MR) is 59.3 cm³/mol. The molecule has 0 fully saturated rings. The van der Waals surface area contributed by atoms with E-state index in [4.69, 9.17) is 4.74 Å². The number of hydrogen-bond donors (Lipinski definition) is 0. The Labute approximate surface area is 97.7 Å². The first-order valence-corrected chi connectivity index (χ1v) is 5.29. The standard InChI is InChI=1S/C8H7BrFIO2/c1-12-4-13-6-3-2-5(9)8(11)7(6)10/h2-3H,4H2,1H3. The quantitative estimate of drug-likeness (QED) is 0.468. The van der Waals surface area contributed by atoms with Crippen LogP contribution in [-0.4, -0.2) is 13.9 Å². The van der Waals surface area contributed by atoms with Crippen LogP contribution in [-0.2, 0) is 4.74 Å². The van der Waals surface area contributed by atoms with Crippen LogP contribution in [0.1, 0.15) is 0 Å². The molecule has 1 aromatic rings. The van der Waals surface area contributed by atoms with E-state index in [9.17, 15) is 4.39 Å². The van der Waals surface area contributed by atoms with E-state index < -0.39 is 0 Å². The van der Waals surface area contributed by atoms with Crippen LogP contribution >= 0.6 is 38.5 Å². The van der Waals surface area contributed by atoms with Crippen LogP contribution in [0.3, 0.4) is 0 Å². The fourth-order valence-corrected chi connectivity index (χ4v) is 1.49. The summed E-state index contributed by atoms with van der Waals surface area (Å²) >= 11 is 5.12. The molecule has 0 atom stereocenters. The van der Waals surface area contributed by atoms with Crippen molar-refractivity contribution in [3.05, 3.63) is 26.0 Å². The molecule has 2 nitrogen and oxygen atoms in total. The Kier molecular flexibility index (Phi) is 4.40. The van der Waals surface area contributed by atoms with Gasteiger partial charge in [0.15, 0.2) is 18.4 Å². The number of rotatable bonds is 3. The van der Waals surface area contributed by atoms with Gasteiger partial charge in [0.25, 0.3) is 0 Å². The molecule has 0 heterocycles. The van der Waals surface area contributed by atoms with Gasteiger partial charge in [-0.1, -0.05) is 0 Å². The van der Waals surface area contributed by atoms with Gasteiger partial charge in [-0.3, -0.25) is 0 Å². The summed E-state index contributed by atoms with van der Waals surface area (Å²) in [6, 6.07) is 3.29. The average molecular weight is 361 g/mol. The third-order valence-corrected chi connectivity index (χ3v) is 3.79. The number of ether oxygens (including phenoxy) is 2. The van der Waals surface area contributed by atoms with Gasteiger partial charge in [-0.25, -0.2) is 4.39 Å². The maximum absolute atomic E-state index is 13.4. The Morgan fingerprint density at radius 3 is 2.85 bits per heavy atom. The molecule has 1 aromatic carbocycles. The van der Waals surface area contributed by atoms with Crippen molar-refractivity contribution < 1.29 is 13.9 Å². The lowest BCUT2D eigenvalue weighted by Crippen LogP contribution is -2.01. The molecule has 0 saturated carbocycles. The molecule has 0 aromatic heterocycles. The molecule has 0 spiro atoms. The molecule has 0 aliphatic carbocycles. The maximum atomic E-state index is 13.4. The number of benzene rings is 1. The van der Waals surface area contributed by atoms with Gasteiger partial charge in [-0.05, 0) is 50.7 Å². The highest BCUT2D eigenvalue weighted by Gasteiger charge is 2.10. The van der Waals surface area contributed by atoms with Gasteiger partial charge in [-0.2, -0.15) is 0 Å². The highest BCUT2D eigenvalue weighted by atomic mass is 127. The zero-order valence-corrected chi connectivity index (χ0v) is 10.6. The van der Waals surface area contributed by atoms with Crippen molar-refractivity contribution >= 4 is 38.5 Å². The van der Waals surface area contributed by atoms with Crippen LogP contribution in [0, 0.1) is 9.39 Å². The Morgan fingerprint density at radius 2 is 2.23 bits per heavy atom. The molecule has 0 radical (unpaired) electrons. The van der Waals surface area contributed by atoms with Gasteiger partial charge in [0.05, 0.1) is 3.57 Å². The summed E-state index contributed by atoms with van der Waals surface area (Å²) in [4.78, 5) is 0. The van der Waals surface area contributed by atoms with Crippen LogP contribution in [0.15, 0.2) is 16.6 Å². The predicted octanol–water partition coefficient (Wildman–Crippen LogP) is 3.18. The lowest BCUT2D eigenvalue weighted by Gasteiger charge is -2.07. The number of halogens is 3. The van der Waals surface area contributed by atoms with Crippen molar-refractivity contribution in [1.82, 2.24) is 0 Å². The summed E-state index contributed by atoms with van der Waals surface area (Å²) in [5, 5.41) is 0. The Bertz CT molecular complexity index is 306. The molecular weight excluding hydrogens is 354 g/mol. The van der Waals surface area contributed by atoms with Crippen molar-refractivity contribution in [2.24, 2.45) is 0 Å². The molecule has 1 rings (SSSR count). The summed E-state index contributed by atoms with van der Waals surface area (Å²) in [5.41, 5.74) is 0. The molecule has 0 amide bonds. The van der Waals surface area contributed by atoms with Crippen molar-refractivity contribution in [2.75, 3.05) is 13.9 Å². The molecule has 0 aliphatic heterocycles. The minimum Gasteiger partial charge on any atom is -0.464 e. The van der Waals surface area contributed by atoms with Crippen LogP contribution in [0.2, 0.25) is 0 Å². The molecule has 13 heavy (non-hydrogen) atoms. The van der Waals surface area contributed by atoms with E-state index in [1.54, 1.807) is 12.1 Å². The second-order valence-corrected chi connectivity index (χ2v) is 4.16. The Morgan fingerprint density at radius 1 is 1.54 bits per heavy atom. The Balaban J connectivity index is 2.90.